The van der Waals surface area contributed by atoms with E-state index in [1.165, 1.54) is 65.2 Å². The molecule has 2 aliphatic heterocycles. The van der Waals surface area contributed by atoms with Gasteiger partial charge < -0.3 is 4.90 Å². The molecule has 0 saturated carbocycles. The van der Waals surface area contributed by atoms with Gasteiger partial charge >= 0.3 is 0 Å². The fourth-order valence-corrected chi connectivity index (χ4v) is 8.31. The third-order valence-electron chi connectivity index (χ3n) is 9.12. The Bertz CT molecular complexity index is 2140. The molecule has 0 aromatic heterocycles. The van der Waals surface area contributed by atoms with Crippen molar-refractivity contribution in [1.29, 1.82) is 0 Å². The lowest BCUT2D eigenvalue weighted by atomic mass is 9.38. The Balaban J connectivity index is 1.28. The van der Waals surface area contributed by atoms with Crippen molar-refractivity contribution in [1.82, 2.24) is 0 Å². The van der Waals surface area contributed by atoms with Crippen LogP contribution in [0.3, 0.4) is 0 Å². The van der Waals surface area contributed by atoms with E-state index in [2.05, 4.69) is 175 Å². The molecule has 0 atom stereocenters. The van der Waals surface area contributed by atoms with Gasteiger partial charge in [0.2, 0.25) is 6.71 Å². The summed E-state index contributed by atoms with van der Waals surface area (Å²) in [5.41, 5.74) is 15.4. The highest BCUT2D eigenvalue weighted by molar-refractivity contribution is 8.00. The van der Waals surface area contributed by atoms with Crippen LogP contribution in [0.1, 0.15) is 0 Å². The topological polar surface area (TPSA) is 3.24 Å². The summed E-state index contributed by atoms with van der Waals surface area (Å²) < 4.78 is 0. The van der Waals surface area contributed by atoms with E-state index >= 15 is 0 Å². The van der Waals surface area contributed by atoms with Crippen molar-refractivity contribution in [2.45, 2.75) is 9.79 Å². The third kappa shape index (κ3) is 4.43. The Morgan fingerprint density at radius 3 is 1.51 bits per heavy atom. The quantitative estimate of drug-likeness (QED) is 0.184. The molecule has 7 aromatic carbocycles. The summed E-state index contributed by atoms with van der Waals surface area (Å²) in [6, 6.07) is 61.9. The Hall–Kier alpha value is -5.25. The number of hydrogen-bond donors (Lipinski definition) is 0. The highest BCUT2D eigenvalue weighted by atomic mass is 32.2. The lowest BCUT2D eigenvalue weighted by molar-refractivity contribution is 1.27. The summed E-state index contributed by atoms with van der Waals surface area (Å²) >= 11 is 1.92. The monoisotopic (exact) mass is 589 g/mol. The fraction of sp³-hybridized carbons (Fsp3) is 0. The first kappa shape index (κ1) is 26.2. The lowest BCUT2D eigenvalue weighted by Crippen LogP contribution is -2.52. The van der Waals surface area contributed by atoms with Gasteiger partial charge in [0.25, 0.3) is 0 Å². The second-order valence-corrected chi connectivity index (χ2v) is 12.8. The maximum atomic E-state index is 2.43. The highest BCUT2D eigenvalue weighted by Gasteiger charge is 2.40. The molecule has 7 aromatic rings. The van der Waals surface area contributed by atoms with Crippen LogP contribution < -0.4 is 21.3 Å². The molecule has 3 heteroatoms. The Morgan fingerprint density at radius 1 is 0.378 bits per heavy atom. The van der Waals surface area contributed by atoms with E-state index in [9.17, 15) is 0 Å². The minimum absolute atomic E-state index is 0.215. The predicted octanol–water partition coefficient (Wildman–Crippen LogP) is 9.45. The standard InChI is InChI=1S/C42H28BNS/c1-5-13-29(14-6-1)31-21-23-38-36(25-31)37-27-35(44(33-17-9-3-10-18-33)34-19-11-4-12-20-34)28-41-42(37)43(38)39-24-22-32(26-40(39)45-41)30-15-7-2-8-16-30/h1-28H. The van der Waals surface area contributed by atoms with Crippen LogP contribution in [-0.4, -0.2) is 6.71 Å². The number of fused-ring (bicyclic) bond motifs is 5. The van der Waals surface area contributed by atoms with Crippen LogP contribution >= 0.6 is 11.8 Å². The van der Waals surface area contributed by atoms with E-state index in [4.69, 9.17) is 0 Å². The Labute approximate surface area is 268 Å². The number of para-hydroxylation sites is 2. The summed E-state index contributed by atoms with van der Waals surface area (Å²) in [5, 5.41) is 0. The van der Waals surface area contributed by atoms with Crippen LogP contribution in [0.2, 0.25) is 0 Å². The molecule has 0 fully saturated rings. The zero-order valence-corrected chi connectivity index (χ0v) is 25.4. The van der Waals surface area contributed by atoms with E-state index in [0.717, 1.165) is 11.4 Å². The van der Waals surface area contributed by atoms with E-state index in [1.807, 2.05) is 11.8 Å². The van der Waals surface area contributed by atoms with Crippen LogP contribution in [0, 0.1) is 0 Å². The van der Waals surface area contributed by atoms with Crippen molar-refractivity contribution in [3.8, 4) is 33.4 Å². The van der Waals surface area contributed by atoms with Crippen molar-refractivity contribution >= 4 is 51.9 Å². The zero-order chi connectivity index (χ0) is 29.7. The zero-order valence-electron chi connectivity index (χ0n) is 24.6. The van der Waals surface area contributed by atoms with E-state index < -0.39 is 0 Å². The maximum absolute atomic E-state index is 2.43. The largest absolute Gasteiger partial charge is 0.310 e. The third-order valence-corrected chi connectivity index (χ3v) is 10.2. The Morgan fingerprint density at radius 2 is 0.911 bits per heavy atom. The molecule has 0 unspecified atom stereocenters. The molecule has 0 spiro atoms. The molecule has 0 bridgehead atoms. The van der Waals surface area contributed by atoms with E-state index in [0.29, 0.717) is 0 Å². The summed E-state index contributed by atoms with van der Waals surface area (Å²) in [4.78, 5) is 5.06. The van der Waals surface area contributed by atoms with Crippen LogP contribution in [0.15, 0.2) is 180 Å². The highest BCUT2D eigenvalue weighted by Crippen LogP contribution is 2.44. The van der Waals surface area contributed by atoms with Gasteiger partial charge in [-0.3, -0.25) is 0 Å². The molecule has 0 saturated heterocycles. The van der Waals surface area contributed by atoms with Gasteiger partial charge in [-0.1, -0.05) is 144 Å². The molecule has 0 aliphatic carbocycles. The molecule has 0 amide bonds. The van der Waals surface area contributed by atoms with E-state index in [1.54, 1.807) is 0 Å². The molecule has 210 valence electrons. The van der Waals surface area contributed by atoms with Crippen molar-refractivity contribution in [3.63, 3.8) is 0 Å². The maximum Gasteiger partial charge on any atom is 0.245 e. The summed E-state index contributed by atoms with van der Waals surface area (Å²) in [5.74, 6) is 0. The van der Waals surface area contributed by atoms with Crippen molar-refractivity contribution in [2.24, 2.45) is 0 Å². The van der Waals surface area contributed by atoms with Gasteiger partial charge in [0, 0.05) is 26.9 Å². The van der Waals surface area contributed by atoms with E-state index in [-0.39, 0.29) is 6.71 Å². The van der Waals surface area contributed by atoms with Crippen molar-refractivity contribution < 1.29 is 0 Å². The SMILES string of the molecule is c1ccc(-c2ccc3c(c2)Sc2cc(N(c4ccccc4)c4ccccc4)cc4c2B3c2ccc(-c3ccccc3)cc2-4)cc1. The summed E-state index contributed by atoms with van der Waals surface area (Å²) in [6.45, 7) is 0.215. The molecule has 9 rings (SSSR count). The van der Waals surface area contributed by atoms with Gasteiger partial charge in [0.1, 0.15) is 0 Å². The first-order valence-electron chi connectivity index (χ1n) is 15.5. The minimum atomic E-state index is 0.215. The molecule has 2 aliphatic rings. The van der Waals surface area contributed by atoms with Crippen LogP contribution in [-0.2, 0) is 0 Å². The lowest BCUT2D eigenvalue weighted by Gasteiger charge is -2.29. The van der Waals surface area contributed by atoms with Gasteiger partial charge in [0.05, 0.1) is 0 Å². The fourth-order valence-electron chi connectivity index (χ4n) is 7.07. The van der Waals surface area contributed by atoms with Crippen molar-refractivity contribution in [2.75, 3.05) is 4.90 Å². The molecule has 0 N–H and O–H groups in total. The smallest absolute Gasteiger partial charge is 0.245 e. The van der Waals surface area contributed by atoms with Crippen LogP contribution in [0.5, 0.6) is 0 Å². The molecule has 2 heterocycles. The number of benzene rings is 7. The second-order valence-electron chi connectivity index (χ2n) is 11.7. The van der Waals surface area contributed by atoms with Gasteiger partial charge in [0.15, 0.2) is 0 Å². The number of anilines is 3. The number of hydrogen-bond acceptors (Lipinski definition) is 2. The first-order valence-corrected chi connectivity index (χ1v) is 16.3. The number of rotatable bonds is 5. The number of nitrogens with zero attached hydrogens (tertiary/aromatic N) is 1. The average molecular weight is 590 g/mol. The minimum Gasteiger partial charge on any atom is -0.310 e. The Kier molecular flexibility index (Phi) is 6.24. The normalized spacial score (nSPS) is 12.3. The molecule has 0 radical (unpaired) electrons. The van der Waals surface area contributed by atoms with Crippen LogP contribution in [0.25, 0.3) is 33.4 Å². The molecular formula is C42H28BNS. The predicted molar refractivity (Wildman–Crippen MR) is 193 cm³/mol. The molecule has 45 heavy (non-hydrogen) atoms. The van der Waals surface area contributed by atoms with Gasteiger partial charge in [-0.05, 0) is 87.4 Å². The molecular weight excluding hydrogens is 561 g/mol. The second kappa shape index (κ2) is 10.7. The van der Waals surface area contributed by atoms with Gasteiger partial charge in [-0.15, -0.1) is 0 Å². The molecule has 1 nitrogen and oxygen atoms in total. The van der Waals surface area contributed by atoms with Crippen LogP contribution in [0.4, 0.5) is 17.1 Å². The van der Waals surface area contributed by atoms with Gasteiger partial charge in [-0.25, -0.2) is 0 Å². The average Bonchev–Trinajstić information content (AvgIpc) is 3.44. The summed E-state index contributed by atoms with van der Waals surface area (Å²) in [6.07, 6.45) is 0. The first-order chi connectivity index (χ1) is 22.3. The van der Waals surface area contributed by atoms with Crippen molar-refractivity contribution in [3.05, 3.63) is 170 Å². The van der Waals surface area contributed by atoms with Gasteiger partial charge in [-0.2, -0.15) is 0 Å². The summed E-state index contributed by atoms with van der Waals surface area (Å²) in [7, 11) is 0.